The van der Waals surface area contributed by atoms with E-state index in [2.05, 4.69) is 5.32 Å². The van der Waals surface area contributed by atoms with Crippen molar-refractivity contribution in [3.05, 3.63) is 101 Å². The van der Waals surface area contributed by atoms with Gasteiger partial charge in [0.2, 0.25) is 5.91 Å². The van der Waals surface area contributed by atoms with Gasteiger partial charge in [0, 0.05) is 5.02 Å². The lowest BCUT2D eigenvalue weighted by Crippen LogP contribution is -2.23. The molecule has 0 aliphatic heterocycles. The highest BCUT2D eigenvalue weighted by Gasteiger charge is 2.24. The first kappa shape index (κ1) is 17.7. The molecule has 0 bridgehead atoms. The Bertz CT molecular complexity index is 887. The third-order valence-electron chi connectivity index (χ3n) is 4.00. The zero-order valence-corrected chi connectivity index (χ0v) is 14.5. The van der Waals surface area contributed by atoms with Crippen molar-refractivity contribution in [3.63, 3.8) is 0 Å². The molecule has 3 aromatic rings. The average Bonchev–Trinajstić information content (AvgIpc) is 2.65. The molecule has 0 heterocycles. The van der Waals surface area contributed by atoms with Gasteiger partial charge in [-0.1, -0.05) is 72.3 Å². The van der Waals surface area contributed by atoms with E-state index in [0.717, 1.165) is 11.1 Å². The summed E-state index contributed by atoms with van der Waals surface area (Å²) < 4.78 is 0. The fourth-order valence-corrected chi connectivity index (χ4v) is 2.97. The first-order valence-corrected chi connectivity index (χ1v) is 8.37. The van der Waals surface area contributed by atoms with Crippen molar-refractivity contribution in [3.8, 4) is 0 Å². The van der Waals surface area contributed by atoms with Crippen molar-refractivity contribution in [1.29, 1.82) is 0 Å². The number of hydrogen-bond acceptors (Lipinski definition) is 2. The number of benzene rings is 3. The van der Waals surface area contributed by atoms with Crippen LogP contribution in [-0.4, -0.2) is 17.0 Å². The van der Waals surface area contributed by atoms with Crippen molar-refractivity contribution in [2.45, 2.75) is 5.92 Å². The highest BCUT2D eigenvalue weighted by molar-refractivity contribution is 6.31. The van der Waals surface area contributed by atoms with Crippen molar-refractivity contribution in [2.75, 3.05) is 5.32 Å². The Morgan fingerprint density at radius 3 is 1.88 bits per heavy atom. The molecule has 26 heavy (non-hydrogen) atoms. The minimum Gasteiger partial charge on any atom is -0.478 e. The van der Waals surface area contributed by atoms with E-state index in [1.165, 1.54) is 12.1 Å². The van der Waals surface area contributed by atoms with Gasteiger partial charge in [0.1, 0.15) is 0 Å². The Morgan fingerprint density at radius 2 is 1.38 bits per heavy atom. The second kappa shape index (κ2) is 7.85. The predicted octanol–water partition coefficient (Wildman–Crippen LogP) is 4.81. The van der Waals surface area contributed by atoms with E-state index >= 15 is 0 Å². The first-order valence-electron chi connectivity index (χ1n) is 8.00. The number of halogens is 1. The summed E-state index contributed by atoms with van der Waals surface area (Å²) in [6.45, 7) is 0. The molecule has 0 aliphatic rings. The Hall–Kier alpha value is -3.11. The quantitative estimate of drug-likeness (QED) is 0.682. The SMILES string of the molecule is O=C(O)c1cc(Cl)ccc1NC(=O)C(c1ccccc1)c1ccccc1. The number of anilines is 1. The van der Waals surface area contributed by atoms with Gasteiger partial charge in [0.15, 0.2) is 0 Å². The highest BCUT2D eigenvalue weighted by atomic mass is 35.5. The van der Waals surface area contributed by atoms with Crippen molar-refractivity contribution < 1.29 is 14.7 Å². The van der Waals surface area contributed by atoms with Crippen LogP contribution < -0.4 is 5.32 Å². The molecule has 4 nitrogen and oxygen atoms in total. The number of hydrogen-bond donors (Lipinski definition) is 2. The average molecular weight is 366 g/mol. The number of nitrogens with one attached hydrogen (secondary N) is 1. The normalized spacial score (nSPS) is 10.5. The molecular weight excluding hydrogens is 350 g/mol. The number of amides is 1. The lowest BCUT2D eigenvalue weighted by atomic mass is 9.90. The predicted molar refractivity (Wildman–Crippen MR) is 102 cm³/mol. The zero-order chi connectivity index (χ0) is 18.5. The molecule has 0 aliphatic carbocycles. The van der Waals surface area contributed by atoms with E-state index in [-0.39, 0.29) is 17.2 Å². The second-order valence-corrected chi connectivity index (χ2v) is 6.18. The van der Waals surface area contributed by atoms with Crippen molar-refractivity contribution in [1.82, 2.24) is 0 Å². The number of carbonyl (C=O) groups is 2. The lowest BCUT2D eigenvalue weighted by molar-refractivity contribution is -0.116. The molecule has 2 N–H and O–H groups in total. The standard InChI is InChI=1S/C21H16ClNO3/c22-16-11-12-18(17(13-16)21(25)26)23-20(24)19(14-7-3-1-4-8-14)15-9-5-2-6-10-15/h1-13,19H,(H,23,24)(H,25,26). The van der Waals surface area contributed by atoms with Crippen LogP contribution in [0, 0.1) is 0 Å². The molecule has 0 fully saturated rings. The molecule has 5 heteroatoms. The maximum atomic E-state index is 13.0. The molecule has 0 atom stereocenters. The topological polar surface area (TPSA) is 66.4 Å². The summed E-state index contributed by atoms with van der Waals surface area (Å²) in [5.41, 5.74) is 1.80. The summed E-state index contributed by atoms with van der Waals surface area (Å²) in [7, 11) is 0. The summed E-state index contributed by atoms with van der Waals surface area (Å²) in [5.74, 6) is -2.03. The van der Waals surface area contributed by atoms with E-state index in [4.69, 9.17) is 11.6 Å². The van der Waals surface area contributed by atoms with Crippen molar-refractivity contribution in [2.24, 2.45) is 0 Å². The molecule has 3 rings (SSSR count). The minimum absolute atomic E-state index is 0.0503. The summed E-state index contributed by atoms with van der Waals surface area (Å²) in [6.07, 6.45) is 0. The van der Waals surface area contributed by atoms with Crippen LogP contribution in [0.15, 0.2) is 78.9 Å². The monoisotopic (exact) mass is 365 g/mol. The maximum absolute atomic E-state index is 13.0. The maximum Gasteiger partial charge on any atom is 0.337 e. The van der Waals surface area contributed by atoms with Crippen LogP contribution in [0.2, 0.25) is 5.02 Å². The van der Waals surface area contributed by atoms with Gasteiger partial charge in [-0.05, 0) is 29.3 Å². The van der Waals surface area contributed by atoms with Gasteiger partial charge in [-0.15, -0.1) is 0 Å². The van der Waals surface area contributed by atoms with Crippen molar-refractivity contribution >= 4 is 29.2 Å². The van der Waals surface area contributed by atoms with E-state index in [0.29, 0.717) is 5.02 Å². The zero-order valence-electron chi connectivity index (χ0n) is 13.7. The van der Waals surface area contributed by atoms with Gasteiger partial charge < -0.3 is 10.4 Å². The largest absolute Gasteiger partial charge is 0.478 e. The molecule has 130 valence electrons. The Morgan fingerprint density at radius 1 is 0.846 bits per heavy atom. The van der Waals surface area contributed by atoms with Gasteiger partial charge in [0.05, 0.1) is 17.2 Å². The molecule has 1 amide bonds. The van der Waals surface area contributed by atoms with E-state index < -0.39 is 11.9 Å². The summed E-state index contributed by atoms with van der Waals surface area (Å²) in [5, 5.41) is 12.4. The van der Waals surface area contributed by atoms with Gasteiger partial charge in [-0.3, -0.25) is 4.79 Å². The Balaban J connectivity index is 1.99. The van der Waals surface area contributed by atoms with Crippen LogP contribution in [0.1, 0.15) is 27.4 Å². The highest BCUT2D eigenvalue weighted by Crippen LogP contribution is 2.28. The number of carboxylic acid groups (broad SMARTS) is 1. The molecule has 0 aromatic heterocycles. The summed E-state index contributed by atoms with van der Waals surface area (Å²) in [6, 6.07) is 23.1. The van der Waals surface area contributed by atoms with Gasteiger partial charge in [0.25, 0.3) is 0 Å². The number of aromatic carboxylic acids is 1. The Kier molecular flexibility index (Phi) is 5.34. The smallest absolute Gasteiger partial charge is 0.337 e. The Labute approximate surface area is 156 Å². The van der Waals surface area contributed by atoms with Crippen LogP contribution in [0.3, 0.4) is 0 Å². The fraction of sp³-hybridized carbons (Fsp3) is 0.0476. The molecule has 0 saturated carbocycles. The molecule has 0 radical (unpaired) electrons. The number of rotatable bonds is 5. The first-order chi connectivity index (χ1) is 12.6. The fourth-order valence-electron chi connectivity index (χ4n) is 2.79. The number of carbonyl (C=O) groups excluding carboxylic acids is 1. The van der Waals surface area contributed by atoms with Gasteiger partial charge in [-0.2, -0.15) is 0 Å². The van der Waals surface area contributed by atoms with Crippen LogP contribution in [0.25, 0.3) is 0 Å². The third kappa shape index (κ3) is 3.92. The van der Waals surface area contributed by atoms with Crippen LogP contribution in [0.4, 0.5) is 5.69 Å². The van der Waals surface area contributed by atoms with Crippen LogP contribution in [0.5, 0.6) is 0 Å². The minimum atomic E-state index is -1.15. The van der Waals surface area contributed by atoms with E-state index in [1.54, 1.807) is 6.07 Å². The van der Waals surface area contributed by atoms with E-state index in [1.807, 2.05) is 60.7 Å². The molecule has 0 saturated heterocycles. The second-order valence-electron chi connectivity index (χ2n) is 5.74. The summed E-state index contributed by atoms with van der Waals surface area (Å²) in [4.78, 5) is 24.5. The molecular formula is C21H16ClNO3. The van der Waals surface area contributed by atoms with Crippen LogP contribution >= 0.6 is 11.6 Å². The molecule has 3 aromatic carbocycles. The summed E-state index contributed by atoms with van der Waals surface area (Å²) >= 11 is 5.88. The molecule has 0 unspecified atom stereocenters. The van der Waals surface area contributed by atoms with Gasteiger partial charge in [-0.25, -0.2) is 4.79 Å². The molecule has 0 spiro atoms. The third-order valence-corrected chi connectivity index (χ3v) is 4.23. The number of carboxylic acids is 1. The van der Waals surface area contributed by atoms with E-state index in [9.17, 15) is 14.7 Å². The lowest BCUT2D eigenvalue weighted by Gasteiger charge is -2.18. The van der Waals surface area contributed by atoms with Gasteiger partial charge >= 0.3 is 5.97 Å². The van der Waals surface area contributed by atoms with Crippen LogP contribution in [-0.2, 0) is 4.79 Å².